The predicted molar refractivity (Wildman–Crippen MR) is 132 cm³/mol. The minimum Gasteiger partial charge on any atom is -0.508 e. The third kappa shape index (κ3) is 4.77. The fraction of sp³-hybridized carbons (Fsp3) is 0.217. The molecule has 0 fully saturated rings. The van der Waals surface area contributed by atoms with Gasteiger partial charge in [-0.05, 0) is 49.2 Å². The SMILES string of the molecule is Cc1cc(O)cc(-c2cn(-c3nc(-c4ccc(Cl)c(Cl)c4)c(SC(C)C)s3)nc2C)c1. The van der Waals surface area contributed by atoms with Crippen molar-refractivity contribution in [1.82, 2.24) is 14.8 Å². The Labute approximate surface area is 199 Å². The molecule has 4 nitrogen and oxygen atoms in total. The number of nitrogens with zero attached hydrogens (tertiary/aromatic N) is 3. The molecule has 2 heterocycles. The van der Waals surface area contributed by atoms with E-state index in [0.717, 1.165) is 43.0 Å². The van der Waals surface area contributed by atoms with Gasteiger partial charge in [0, 0.05) is 22.6 Å². The highest BCUT2D eigenvalue weighted by atomic mass is 35.5. The van der Waals surface area contributed by atoms with E-state index in [2.05, 4.69) is 13.8 Å². The number of thioether (sulfide) groups is 1. The summed E-state index contributed by atoms with van der Waals surface area (Å²) in [6.07, 6.45) is 1.96. The molecule has 160 valence electrons. The molecule has 4 rings (SSSR count). The number of phenols is 1. The van der Waals surface area contributed by atoms with Crippen LogP contribution >= 0.6 is 46.3 Å². The monoisotopic (exact) mass is 489 g/mol. The van der Waals surface area contributed by atoms with E-state index in [0.29, 0.717) is 15.3 Å². The Hall–Kier alpha value is -1.99. The molecule has 0 radical (unpaired) electrons. The Morgan fingerprint density at radius 3 is 2.48 bits per heavy atom. The first-order valence-electron chi connectivity index (χ1n) is 9.72. The zero-order valence-electron chi connectivity index (χ0n) is 17.5. The molecule has 0 bridgehead atoms. The molecule has 0 spiro atoms. The summed E-state index contributed by atoms with van der Waals surface area (Å²) in [5.41, 5.74) is 5.55. The number of aromatic hydroxyl groups is 1. The number of aryl methyl sites for hydroxylation is 2. The second-order valence-electron chi connectivity index (χ2n) is 7.56. The topological polar surface area (TPSA) is 50.9 Å². The first-order chi connectivity index (χ1) is 14.7. The standard InChI is InChI=1S/C23H21Cl2N3OS2/c1-12(2)30-22-21(15-5-6-19(24)20(25)10-15)26-23(31-22)28-11-18(14(4)27-28)16-7-13(3)8-17(29)9-16/h5-12,29H,1-4H3. The summed E-state index contributed by atoms with van der Waals surface area (Å²) >= 11 is 15.7. The molecule has 1 N–H and O–H groups in total. The van der Waals surface area contributed by atoms with Gasteiger partial charge in [0.1, 0.15) is 5.75 Å². The minimum absolute atomic E-state index is 0.244. The van der Waals surface area contributed by atoms with E-state index in [-0.39, 0.29) is 5.75 Å². The van der Waals surface area contributed by atoms with Crippen molar-refractivity contribution in [3.63, 3.8) is 0 Å². The fourth-order valence-electron chi connectivity index (χ4n) is 3.27. The molecule has 31 heavy (non-hydrogen) atoms. The van der Waals surface area contributed by atoms with Gasteiger partial charge in [-0.1, -0.05) is 60.5 Å². The number of halogens is 2. The molecule has 0 unspecified atom stereocenters. The molecule has 4 aromatic rings. The summed E-state index contributed by atoms with van der Waals surface area (Å²) in [4.78, 5) is 4.90. The highest BCUT2D eigenvalue weighted by molar-refractivity contribution is 8.01. The van der Waals surface area contributed by atoms with E-state index >= 15 is 0 Å². The van der Waals surface area contributed by atoms with Crippen molar-refractivity contribution in [3.05, 3.63) is 63.9 Å². The highest BCUT2D eigenvalue weighted by Gasteiger charge is 2.19. The lowest BCUT2D eigenvalue weighted by Crippen LogP contribution is -1.94. The molecule has 0 saturated carbocycles. The number of rotatable bonds is 5. The van der Waals surface area contributed by atoms with Crippen LogP contribution in [0, 0.1) is 13.8 Å². The van der Waals surface area contributed by atoms with Crippen molar-refractivity contribution in [2.24, 2.45) is 0 Å². The largest absolute Gasteiger partial charge is 0.508 e. The van der Waals surface area contributed by atoms with Gasteiger partial charge in [-0.15, -0.1) is 11.8 Å². The maximum atomic E-state index is 10.0. The molecule has 0 amide bonds. The number of phenolic OH excluding ortho intramolecular Hbond substituents is 1. The summed E-state index contributed by atoms with van der Waals surface area (Å²) < 4.78 is 2.91. The van der Waals surface area contributed by atoms with Crippen molar-refractivity contribution in [1.29, 1.82) is 0 Å². The van der Waals surface area contributed by atoms with Crippen LogP contribution in [-0.2, 0) is 0 Å². The molecule has 0 saturated heterocycles. The zero-order chi connectivity index (χ0) is 22.3. The van der Waals surface area contributed by atoms with Crippen LogP contribution in [0.25, 0.3) is 27.5 Å². The van der Waals surface area contributed by atoms with Gasteiger partial charge in [0.15, 0.2) is 0 Å². The maximum Gasteiger partial charge on any atom is 0.211 e. The number of benzene rings is 2. The zero-order valence-corrected chi connectivity index (χ0v) is 20.6. The first kappa shape index (κ1) is 22.2. The van der Waals surface area contributed by atoms with Crippen molar-refractivity contribution in [2.45, 2.75) is 37.2 Å². The van der Waals surface area contributed by atoms with Crippen LogP contribution in [0.15, 0.2) is 46.8 Å². The quantitative estimate of drug-likeness (QED) is 0.290. The van der Waals surface area contributed by atoms with E-state index in [1.54, 1.807) is 46.0 Å². The van der Waals surface area contributed by atoms with Crippen molar-refractivity contribution >= 4 is 46.3 Å². The van der Waals surface area contributed by atoms with Crippen LogP contribution in [0.3, 0.4) is 0 Å². The lowest BCUT2D eigenvalue weighted by atomic mass is 10.0. The lowest BCUT2D eigenvalue weighted by Gasteiger charge is -2.05. The average molecular weight is 490 g/mol. The van der Waals surface area contributed by atoms with Crippen LogP contribution < -0.4 is 0 Å². The van der Waals surface area contributed by atoms with Crippen LogP contribution in [-0.4, -0.2) is 25.1 Å². The van der Waals surface area contributed by atoms with E-state index in [1.165, 1.54) is 0 Å². The summed E-state index contributed by atoms with van der Waals surface area (Å²) in [7, 11) is 0. The molecular weight excluding hydrogens is 469 g/mol. The normalized spacial score (nSPS) is 11.5. The van der Waals surface area contributed by atoms with Gasteiger partial charge in [0.25, 0.3) is 0 Å². The van der Waals surface area contributed by atoms with E-state index in [1.807, 2.05) is 38.2 Å². The molecule has 0 aliphatic rings. The van der Waals surface area contributed by atoms with Crippen LogP contribution in [0.1, 0.15) is 25.1 Å². The molecule has 2 aromatic heterocycles. The molecule has 0 aliphatic heterocycles. The van der Waals surface area contributed by atoms with E-state index in [4.69, 9.17) is 33.3 Å². The summed E-state index contributed by atoms with van der Waals surface area (Å²) in [5, 5.41) is 16.9. The third-order valence-electron chi connectivity index (χ3n) is 4.59. The summed E-state index contributed by atoms with van der Waals surface area (Å²) in [6.45, 7) is 8.23. The van der Waals surface area contributed by atoms with Crippen molar-refractivity contribution in [3.8, 4) is 33.3 Å². The summed E-state index contributed by atoms with van der Waals surface area (Å²) in [5.74, 6) is 0.244. The number of aromatic nitrogens is 3. The second-order valence-corrected chi connectivity index (χ2v) is 11.2. The smallest absolute Gasteiger partial charge is 0.211 e. The van der Waals surface area contributed by atoms with Gasteiger partial charge in [-0.25, -0.2) is 9.67 Å². The fourth-order valence-corrected chi connectivity index (χ4v) is 6.02. The molecular formula is C23H21Cl2N3OS2. The van der Waals surface area contributed by atoms with Crippen LogP contribution in [0.2, 0.25) is 10.0 Å². The van der Waals surface area contributed by atoms with E-state index in [9.17, 15) is 5.11 Å². The Balaban J connectivity index is 1.80. The predicted octanol–water partition coefficient (Wildman–Crippen LogP) is 7.79. The molecule has 2 aromatic carbocycles. The Morgan fingerprint density at radius 2 is 1.81 bits per heavy atom. The Morgan fingerprint density at radius 1 is 1.03 bits per heavy atom. The first-order valence-corrected chi connectivity index (χ1v) is 12.2. The van der Waals surface area contributed by atoms with Gasteiger partial charge in [-0.3, -0.25) is 0 Å². The van der Waals surface area contributed by atoms with Crippen molar-refractivity contribution in [2.75, 3.05) is 0 Å². The molecule has 0 atom stereocenters. The van der Waals surface area contributed by atoms with Gasteiger partial charge in [0.05, 0.1) is 25.6 Å². The third-order valence-corrected chi connectivity index (χ3v) is 7.58. The Kier molecular flexibility index (Phi) is 6.35. The van der Waals surface area contributed by atoms with Gasteiger partial charge < -0.3 is 5.11 Å². The second kappa shape index (κ2) is 8.87. The number of hydrogen-bond acceptors (Lipinski definition) is 5. The van der Waals surface area contributed by atoms with Gasteiger partial charge >= 0.3 is 0 Å². The van der Waals surface area contributed by atoms with Crippen LogP contribution in [0.4, 0.5) is 0 Å². The molecule has 0 aliphatic carbocycles. The van der Waals surface area contributed by atoms with Crippen molar-refractivity contribution < 1.29 is 5.11 Å². The molecule has 8 heteroatoms. The van der Waals surface area contributed by atoms with Crippen LogP contribution in [0.5, 0.6) is 5.75 Å². The number of hydrogen-bond donors (Lipinski definition) is 1. The highest BCUT2D eigenvalue weighted by Crippen LogP contribution is 2.41. The number of thiazole rings is 1. The lowest BCUT2D eigenvalue weighted by molar-refractivity contribution is 0.475. The average Bonchev–Trinajstić information content (AvgIpc) is 3.26. The minimum atomic E-state index is 0.244. The summed E-state index contributed by atoms with van der Waals surface area (Å²) in [6, 6.07) is 11.1. The van der Waals surface area contributed by atoms with Gasteiger partial charge in [0.2, 0.25) is 5.13 Å². The van der Waals surface area contributed by atoms with E-state index < -0.39 is 0 Å². The Bertz CT molecular complexity index is 1240. The van der Waals surface area contributed by atoms with Gasteiger partial charge in [-0.2, -0.15) is 5.10 Å². The maximum absolute atomic E-state index is 10.0.